The molecule has 0 bridgehead atoms. The number of anilines is 1. The molecule has 3 rings (SSSR count). The fourth-order valence-electron chi connectivity index (χ4n) is 2.08. The number of aromatic amines is 1. The molecule has 0 atom stereocenters. The van der Waals surface area contributed by atoms with Gasteiger partial charge in [0.15, 0.2) is 0 Å². The van der Waals surface area contributed by atoms with Crippen molar-refractivity contribution < 1.29 is 9.59 Å². The first-order chi connectivity index (χ1) is 10.1. The molecule has 3 aromatic heterocycles. The molecule has 0 aliphatic carbocycles. The fourth-order valence-corrected chi connectivity index (χ4v) is 2.90. The molecule has 0 radical (unpaired) electrons. The summed E-state index contributed by atoms with van der Waals surface area (Å²) in [7, 11) is 0. The van der Waals surface area contributed by atoms with E-state index in [1.807, 2.05) is 6.92 Å². The summed E-state index contributed by atoms with van der Waals surface area (Å²) < 4.78 is 0. The molecule has 0 saturated heterocycles. The van der Waals surface area contributed by atoms with Gasteiger partial charge in [-0.25, -0.2) is 4.98 Å². The quantitative estimate of drug-likeness (QED) is 0.691. The summed E-state index contributed by atoms with van der Waals surface area (Å²) in [5.41, 5.74) is 7.02. The van der Waals surface area contributed by atoms with Gasteiger partial charge in [-0.1, -0.05) is 0 Å². The average Bonchev–Trinajstić information content (AvgIpc) is 3.05. The molecule has 0 aromatic carbocycles. The smallest absolute Gasteiger partial charge is 0.258 e. The Morgan fingerprint density at radius 2 is 2.19 bits per heavy atom. The number of nitrogens with zero attached hydrogens (tertiary/aromatic N) is 1. The van der Waals surface area contributed by atoms with Gasteiger partial charge in [0, 0.05) is 22.7 Å². The number of primary amides is 1. The van der Waals surface area contributed by atoms with Crippen molar-refractivity contribution in [3.63, 3.8) is 0 Å². The molecule has 0 spiro atoms. The number of aryl methyl sites for hydroxylation is 1. The second-order valence-corrected chi connectivity index (χ2v) is 5.75. The van der Waals surface area contributed by atoms with E-state index in [2.05, 4.69) is 15.3 Å². The van der Waals surface area contributed by atoms with Crippen LogP contribution in [0.5, 0.6) is 0 Å². The third-order valence-electron chi connectivity index (χ3n) is 3.11. The van der Waals surface area contributed by atoms with Crippen LogP contribution in [-0.4, -0.2) is 21.8 Å². The lowest BCUT2D eigenvalue weighted by molar-refractivity contribution is 0.1000. The van der Waals surface area contributed by atoms with E-state index in [1.165, 1.54) is 11.3 Å². The van der Waals surface area contributed by atoms with Crippen molar-refractivity contribution >= 4 is 39.9 Å². The Bertz CT molecular complexity index is 850. The number of nitrogens with two attached hydrogens (primary N) is 1. The second kappa shape index (κ2) is 5.02. The number of hydrogen-bond acceptors (Lipinski definition) is 4. The second-order valence-electron chi connectivity index (χ2n) is 4.50. The molecule has 0 unspecified atom stereocenters. The van der Waals surface area contributed by atoms with Crippen molar-refractivity contribution in [1.29, 1.82) is 0 Å². The Balaban J connectivity index is 1.93. The lowest BCUT2D eigenvalue weighted by Crippen LogP contribution is -2.13. The number of aromatic nitrogens is 2. The largest absolute Gasteiger partial charge is 0.365 e. The molecule has 3 aromatic rings. The van der Waals surface area contributed by atoms with Crippen LogP contribution in [0.25, 0.3) is 11.0 Å². The summed E-state index contributed by atoms with van der Waals surface area (Å²) in [5.74, 6) is -0.751. The van der Waals surface area contributed by atoms with Gasteiger partial charge in [0.1, 0.15) is 5.65 Å². The van der Waals surface area contributed by atoms with E-state index in [0.717, 1.165) is 10.3 Å². The molecule has 4 N–H and O–H groups in total. The Morgan fingerprint density at radius 1 is 1.38 bits per heavy atom. The Hall–Kier alpha value is -2.67. The minimum absolute atomic E-state index is 0.251. The first kappa shape index (κ1) is 13.3. The van der Waals surface area contributed by atoms with Gasteiger partial charge in [0.05, 0.1) is 16.1 Å². The summed E-state index contributed by atoms with van der Waals surface area (Å²) in [6.07, 6.45) is 3.30. The Morgan fingerprint density at radius 3 is 2.90 bits per heavy atom. The van der Waals surface area contributed by atoms with Crippen LogP contribution in [-0.2, 0) is 0 Å². The summed E-state index contributed by atoms with van der Waals surface area (Å²) in [6, 6.07) is 5.05. The molecule has 7 heteroatoms. The van der Waals surface area contributed by atoms with Crippen LogP contribution in [0.4, 0.5) is 5.69 Å². The number of carbonyl (C=O) groups is 2. The molecule has 21 heavy (non-hydrogen) atoms. The van der Waals surface area contributed by atoms with E-state index in [0.29, 0.717) is 21.8 Å². The zero-order valence-corrected chi connectivity index (χ0v) is 12.0. The van der Waals surface area contributed by atoms with Crippen LogP contribution in [0.2, 0.25) is 0 Å². The molecule has 2 amide bonds. The topological polar surface area (TPSA) is 101 Å². The van der Waals surface area contributed by atoms with Gasteiger partial charge in [0.2, 0.25) is 0 Å². The fraction of sp³-hybridized carbons (Fsp3) is 0.0714. The lowest BCUT2D eigenvalue weighted by Gasteiger charge is -2.05. The number of nitrogens with one attached hydrogen (secondary N) is 2. The maximum absolute atomic E-state index is 12.4. The molecule has 0 fully saturated rings. The van der Waals surface area contributed by atoms with Crippen LogP contribution >= 0.6 is 11.3 Å². The number of hydrogen-bond donors (Lipinski definition) is 3. The average molecular weight is 300 g/mol. The van der Waals surface area contributed by atoms with Gasteiger partial charge in [-0.15, -0.1) is 11.3 Å². The molecular weight excluding hydrogens is 288 g/mol. The van der Waals surface area contributed by atoms with Crippen LogP contribution in [0.1, 0.15) is 24.9 Å². The number of H-pyrrole nitrogens is 1. The zero-order valence-electron chi connectivity index (χ0n) is 11.1. The normalized spacial score (nSPS) is 10.7. The van der Waals surface area contributed by atoms with Crippen LogP contribution in [0, 0.1) is 6.92 Å². The highest BCUT2D eigenvalue weighted by molar-refractivity contribution is 7.14. The highest BCUT2D eigenvalue weighted by Gasteiger charge is 2.15. The molecule has 106 valence electrons. The van der Waals surface area contributed by atoms with E-state index >= 15 is 0 Å². The first-order valence-corrected chi connectivity index (χ1v) is 7.01. The molecule has 3 heterocycles. The monoisotopic (exact) mass is 300 g/mol. The third-order valence-corrected chi connectivity index (χ3v) is 4.18. The van der Waals surface area contributed by atoms with Crippen molar-refractivity contribution in [2.24, 2.45) is 5.73 Å². The van der Waals surface area contributed by atoms with E-state index in [4.69, 9.17) is 5.73 Å². The lowest BCUT2D eigenvalue weighted by atomic mass is 10.1. The van der Waals surface area contributed by atoms with Crippen LogP contribution < -0.4 is 11.1 Å². The predicted molar refractivity (Wildman–Crippen MR) is 81.6 cm³/mol. The van der Waals surface area contributed by atoms with Crippen molar-refractivity contribution in [1.82, 2.24) is 9.97 Å². The summed E-state index contributed by atoms with van der Waals surface area (Å²) in [5, 5.41) is 3.55. The van der Waals surface area contributed by atoms with Crippen molar-refractivity contribution in [3.8, 4) is 0 Å². The third kappa shape index (κ3) is 2.38. The molecular formula is C14H12N4O2S. The molecule has 6 nitrogen and oxygen atoms in total. The SMILES string of the molecule is Cc1sc(C(N)=O)cc1NC(=O)c1ccnc2[nH]ccc12. The van der Waals surface area contributed by atoms with Crippen LogP contribution in [0.15, 0.2) is 30.6 Å². The minimum Gasteiger partial charge on any atom is -0.365 e. The van der Waals surface area contributed by atoms with Crippen molar-refractivity contribution in [3.05, 3.63) is 45.9 Å². The summed E-state index contributed by atoms with van der Waals surface area (Å²) >= 11 is 1.26. The summed E-state index contributed by atoms with van der Waals surface area (Å²) in [6.45, 7) is 1.82. The Labute approximate surface area is 124 Å². The highest BCUT2D eigenvalue weighted by atomic mass is 32.1. The number of pyridine rings is 1. The van der Waals surface area contributed by atoms with Gasteiger partial charge >= 0.3 is 0 Å². The van der Waals surface area contributed by atoms with E-state index in [-0.39, 0.29) is 5.91 Å². The van der Waals surface area contributed by atoms with Crippen molar-refractivity contribution in [2.45, 2.75) is 6.92 Å². The molecule has 0 saturated carbocycles. The highest BCUT2D eigenvalue weighted by Crippen LogP contribution is 2.27. The number of rotatable bonds is 3. The van der Waals surface area contributed by atoms with Gasteiger partial charge in [-0.05, 0) is 25.1 Å². The maximum Gasteiger partial charge on any atom is 0.258 e. The van der Waals surface area contributed by atoms with Crippen LogP contribution in [0.3, 0.4) is 0 Å². The van der Waals surface area contributed by atoms with Gasteiger partial charge in [-0.2, -0.15) is 0 Å². The van der Waals surface area contributed by atoms with Gasteiger partial charge in [-0.3, -0.25) is 9.59 Å². The van der Waals surface area contributed by atoms with E-state index in [1.54, 1.807) is 30.6 Å². The predicted octanol–water partition coefficient (Wildman–Crippen LogP) is 2.28. The minimum atomic E-state index is -0.500. The summed E-state index contributed by atoms with van der Waals surface area (Å²) in [4.78, 5) is 31.9. The number of carbonyl (C=O) groups excluding carboxylic acids is 2. The molecule has 0 aliphatic heterocycles. The standard InChI is InChI=1S/C14H12N4O2S/c1-7-10(6-11(21-7)12(15)19)18-14(20)9-3-5-17-13-8(9)2-4-16-13/h2-6H,1H3,(H2,15,19)(H,16,17)(H,18,20). The Kier molecular flexibility index (Phi) is 3.19. The first-order valence-electron chi connectivity index (χ1n) is 6.20. The molecule has 0 aliphatic rings. The number of fused-ring (bicyclic) bond motifs is 1. The van der Waals surface area contributed by atoms with Gasteiger partial charge < -0.3 is 16.0 Å². The maximum atomic E-state index is 12.4. The van der Waals surface area contributed by atoms with Crippen molar-refractivity contribution in [2.75, 3.05) is 5.32 Å². The number of amides is 2. The van der Waals surface area contributed by atoms with E-state index in [9.17, 15) is 9.59 Å². The van der Waals surface area contributed by atoms with Gasteiger partial charge in [0.25, 0.3) is 11.8 Å². The van der Waals surface area contributed by atoms with E-state index < -0.39 is 5.91 Å². The number of thiophene rings is 1. The zero-order chi connectivity index (χ0) is 15.0.